The van der Waals surface area contributed by atoms with E-state index in [-0.39, 0.29) is 0 Å². The van der Waals surface area contributed by atoms with E-state index in [1.165, 1.54) is 22.3 Å². The van der Waals surface area contributed by atoms with E-state index in [1.54, 1.807) is 0 Å². The number of halogens is 1. The minimum absolute atomic E-state index is 1.12. The van der Waals surface area contributed by atoms with Crippen molar-refractivity contribution in [3.63, 3.8) is 0 Å². The highest BCUT2D eigenvalue weighted by atomic mass is 79.9. The molecule has 0 nitrogen and oxygen atoms in total. The Kier molecular flexibility index (Phi) is 3.65. The van der Waals surface area contributed by atoms with Crippen molar-refractivity contribution in [2.75, 3.05) is 0 Å². The third-order valence-corrected chi connectivity index (χ3v) is 3.96. The molecule has 0 N–H and O–H groups in total. The lowest BCUT2D eigenvalue weighted by molar-refractivity contribution is 1.06. The predicted octanol–water partition coefficient (Wildman–Crippen LogP) is 5.71. The fourth-order valence-corrected chi connectivity index (χ4v) is 2.69. The molecule has 0 fully saturated rings. The number of benzene rings is 2. The van der Waals surface area contributed by atoms with Crippen LogP contribution in [-0.4, -0.2) is 0 Å². The van der Waals surface area contributed by atoms with E-state index in [0.29, 0.717) is 0 Å². The number of hydrogen-bond donors (Lipinski definition) is 0. The molecular formula is C18H15Br. The van der Waals surface area contributed by atoms with Crippen molar-refractivity contribution in [2.24, 2.45) is 0 Å². The Morgan fingerprint density at radius 2 is 1.53 bits per heavy atom. The molecule has 2 aromatic carbocycles. The van der Waals surface area contributed by atoms with Gasteiger partial charge in [0.25, 0.3) is 0 Å². The van der Waals surface area contributed by atoms with Gasteiger partial charge in [0, 0.05) is 4.47 Å². The van der Waals surface area contributed by atoms with Crippen molar-refractivity contribution in [1.29, 1.82) is 0 Å². The Bertz CT molecular complexity index is 618. The molecule has 0 saturated heterocycles. The summed E-state index contributed by atoms with van der Waals surface area (Å²) in [5, 5.41) is 0. The van der Waals surface area contributed by atoms with Crippen LogP contribution in [0.3, 0.4) is 0 Å². The molecule has 0 radical (unpaired) electrons. The van der Waals surface area contributed by atoms with Gasteiger partial charge in [-0.25, -0.2) is 0 Å². The topological polar surface area (TPSA) is 0 Å². The molecule has 0 spiro atoms. The molecule has 94 valence electrons. The summed E-state index contributed by atoms with van der Waals surface area (Å²) < 4.78 is 1.12. The van der Waals surface area contributed by atoms with Crippen molar-refractivity contribution >= 4 is 27.1 Å². The van der Waals surface area contributed by atoms with Gasteiger partial charge in [-0.15, -0.1) is 0 Å². The zero-order valence-electron chi connectivity index (χ0n) is 10.6. The molecular weight excluding hydrogens is 296 g/mol. The smallest absolute Gasteiger partial charge is 0.0175 e. The highest BCUT2D eigenvalue weighted by Crippen LogP contribution is 2.31. The van der Waals surface area contributed by atoms with Crippen LogP contribution in [0.1, 0.15) is 24.0 Å². The van der Waals surface area contributed by atoms with Crippen LogP contribution >= 0.6 is 15.9 Å². The third kappa shape index (κ3) is 2.87. The second-order valence-electron chi connectivity index (χ2n) is 4.74. The highest BCUT2D eigenvalue weighted by molar-refractivity contribution is 9.10. The molecule has 19 heavy (non-hydrogen) atoms. The van der Waals surface area contributed by atoms with Crippen molar-refractivity contribution < 1.29 is 0 Å². The molecule has 1 aliphatic rings. The maximum atomic E-state index is 3.48. The fourth-order valence-electron chi connectivity index (χ4n) is 2.43. The zero-order chi connectivity index (χ0) is 13.1. The maximum absolute atomic E-state index is 3.48. The lowest BCUT2D eigenvalue weighted by Gasteiger charge is -2.14. The van der Waals surface area contributed by atoms with E-state index in [9.17, 15) is 0 Å². The second-order valence-corrected chi connectivity index (χ2v) is 5.66. The molecule has 3 rings (SSSR count). The van der Waals surface area contributed by atoms with Gasteiger partial charge < -0.3 is 0 Å². The van der Waals surface area contributed by atoms with Crippen LogP contribution in [0.2, 0.25) is 0 Å². The highest BCUT2D eigenvalue weighted by Gasteiger charge is 2.08. The van der Waals surface area contributed by atoms with Gasteiger partial charge in [0.05, 0.1) is 0 Å². The van der Waals surface area contributed by atoms with Gasteiger partial charge in [0.15, 0.2) is 0 Å². The van der Waals surface area contributed by atoms with Gasteiger partial charge in [-0.1, -0.05) is 70.5 Å². The first-order chi connectivity index (χ1) is 9.33. The largest absolute Gasteiger partial charge is 0.0763 e. The second kappa shape index (κ2) is 5.58. The first kappa shape index (κ1) is 12.4. The minimum atomic E-state index is 1.12. The molecule has 1 heteroatoms. The van der Waals surface area contributed by atoms with Crippen LogP contribution in [0, 0.1) is 0 Å². The Morgan fingerprint density at radius 3 is 2.26 bits per heavy atom. The Labute approximate surface area is 122 Å². The van der Waals surface area contributed by atoms with Crippen LogP contribution in [0.5, 0.6) is 0 Å². The molecule has 0 aromatic heterocycles. The lowest BCUT2D eigenvalue weighted by atomic mass is 9.91. The summed E-state index contributed by atoms with van der Waals surface area (Å²) in [6, 6.07) is 19.2. The van der Waals surface area contributed by atoms with Gasteiger partial charge in [-0.2, -0.15) is 0 Å². The summed E-state index contributed by atoms with van der Waals surface area (Å²) in [6.07, 6.45) is 6.90. The Morgan fingerprint density at radius 1 is 0.789 bits per heavy atom. The molecule has 0 heterocycles. The van der Waals surface area contributed by atoms with Gasteiger partial charge in [-0.05, 0) is 47.2 Å². The van der Waals surface area contributed by atoms with Crippen LogP contribution in [0.25, 0.3) is 11.1 Å². The molecule has 1 aliphatic carbocycles. The van der Waals surface area contributed by atoms with Crippen molar-refractivity contribution in [3.05, 3.63) is 82.3 Å². The number of allylic oxidation sites excluding steroid dienone is 4. The van der Waals surface area contributed by atoms with Crippen LogP contribution < -0.4 is 0 Å². The molecule has 0 saturated carbocycles. The fraction of sp³-hybridized carbons (Fsp3) is 0.111. The van der Waals surface area contributed by atoms with Crippen molar-refractivity contribution in [3.8, 4) is 0 Å². The van der Waals surface area contributed by atoms with Gasteiger partial charge >= 0.3 is 0 Å². The molecule has 0 aliphatic heterocycles. The average molecular weight is 311 g/mol. The number of rotatable bonds is 2. The Balaban J connectivity index is 1.94. The van der Waals surface area contributed by atoms with E-state index in [2.05, 4.69) is 82.7 Å². The average Bonchev–Trinajstić information content (AvgIpc) is 2.49. The molecule has 0 bridgehead atoms. The predicted molar refractivity (Wildman–Crippen MR) is 85.8 cm³/mol. The van der Waals surface area contributed by atoms with Gasteiger partial charge in [-0.3, -0.25) is 0 Å². The van der Waals surface area contributed by atoms with Gasteiger partial charge in [0.1, 0.15) is 0 Å². The third-order valence-electron chi connectivity index (χ3n) is 3.43. The first-order valence-electron chi connectivity index (χ1n) is 6.55. The molecule has 2 aromatic rings. The van der Waals surface area contributed by atoms with Crippen LogP contribution in [0.15, 0.2) is 71.2 Å². The monoisotopic (exact) mass is 310 g/mol. The number of hydrogen-bond acceptors (Lipinski definition) is 0. The first-order valence-corrected chi connectivity index (χ1v) is 7.34. The molecule has 0 amide bonds. The van der Waals surface area contributed by atoms with Crippen LogP contribution in [-0.2, 0) is 0 Å². The summed E-state index contributed by atoms with van der Waals surface area (Å²) in [7, 11) is 0. The maximum Gasteiger partial charge on any atom is 0.0175 e. The van der Waals surface area contributed by atoms with E-state index in [1.807, 2.05) is 0 Å². The molecule has 0 unspecified atom stereocenters. The standard InChI is InChI=1S/C18H15Br/c19-18-11-9-15(10-12-18)17-8-4-7-16(13-17)14-5-2-1-3-6-14/h1-3,5-6,8-13H,4,7H2. The van der Waals surface area contributed by atoms with Crippen LogP contribution in [0.4, 0.5) is 0 Å². The summed E-state index contributed by atoms with van der Waals surface area (Å²) >= 11 is 3.48. The normalized spacial score (nSPS) is 14.8. The summed E-state index contributed by atoms with van der Waals surface area (Å²) in [5.74, 6) is 0. The van der Waals surface area contributed by atoms with E-state index in [4.69, 9.17) is 0 Å². The summed E-state index contributed by atoms with van der Waals surface area (Å²) in [6.45, 7) is 0. The van der Waals surface area contributed by atoms with Gasteiger partial charge in [0.2, 0.25) is 0 Å². The van der Waals surface area contributed by atoms with Crippen molar-refractivity contribution in [2.45, 2.75) is 12.8 Å². The zero-order valence-corrected chi connectivity index (χ0v) is 12.2. The Hall–Kier alpha value is -1.60. The molecule has 0 atom stereocenters. The van der Waals surface area contributed by atoms with E-state index in [0.717, 1.165) is 17.3 Å². The van der Waals surface area contributed by atoms with Crippen molar-refractivity contribution in [1.82, 2.24) is 0 Å². The lowest BCUT2D eigenvalue weighted by Crippen LogP contribution is -1.92. The van der Waals surface area contributed by atoms with E-state index >= 15 is 0 Å². The quantitative estimate of drug-likeness (QED) is 0.666. The van der Waals surface area contributed by atoms with E-state index < -0.39 is 0 Å². The summed E-state index contributed by atoms with van der Waals surface area (Å²) in [5.41, 5.74) is 5.39. The summed E-state index contributed by atoms with van der Waals surface area (Å²) in [4.78, 5) is 0. The SMILES string of the molecule is Brc1ccc(C2=CCCC(c3ccccc3)=C2)cc1. The minimum Gasteiger partial charge on any atom is -0.0763 e.